The summed E-state index contributed by atoms with van der Waals surface area (Å²) in [5.74, 6) is -1.11. The van der Waals surface area contributed by atoms with E-state index < -0.39 is 5.92 Å². The molecule has 1 saturated heterocycles. The zero-order valence-corrected chi connectivity index (χ0v) is 13.7. The molecule has 1 aliphatic rings. The maximum absolute atomic E-state index is 13.0. The lowest BCUT2D eigenvalue weighted by Gasteiger charge is -2.16. The molecule has 1 heterocycles. The second-order valence-corrected chi connectivity index (χ2v) is 6.30. The van der Waals surface area contributed by atoms with Crippen LogP contribution in [0.5, 0.6) is 0 Å². The van der Waals surface area contributed by atoms with Crippen LogP contribution < -0.4 is 10.2 Å². The van der Waals surface area contributed by atoms with Gasteiger partial charge in [-0.05, 0) is 42.5 Å². The highest BCUT2D eigenvalue weighted by atomic mass is 79.9. The highest BCUT2D eigenvalue weighted by Crippen LogP contribution is 2.26. The fourth-order valence-corrected chi connectivity index (χ4v) is 2.96. The maximum Gasteiger partial charge on any atom is 0.229 e. The third-order valence-corrected chi connectivity index (χ3v) is 4.22. The van der Waals surface area contributed by atoms with Gasteiger partial charge in [0.2, 0.25) is 11.8 Å². The first kappa shape index (κ1) is 15.7. The van der Waals surface area contributed by atoms with E-state index in [-0.39, 0.29) is 24.1 Å². The minimum absolute atomic E-state index is 0.133. The number of amides is 2. The Balaban J connectivity index is 1.69. The van der Waals surface area contributed by atoms with E-state index in [2.05, 4.69) is 21.2 Å². The zero-order chi connectivity index (χ0) is 16.4. The lowest BCUT2D eigenvalue weighted by molar-refractivity contribution is -0.122. The van der Waals surface area contributed by atoms with E-state index >= 15 is 0 Å². The van der Waals surface area contributed by atoms with E-state index in [1.54, 1.807) is 24.3 Å². The molecule has 0 aromatic heterocycles. The summed E-state index contributed by atoms with van der Waals surface area (Å²) < 4.78 is 13.8. The lowest BCUT2D eigenvalue weighted by atomic mass is 10.1. The average molecular weight is 377 g/mol. The van der Waals surface area contributed by atoms with E-state index in [4.69, 9.17) is 0 Å². The van der Waals surface area contributed by atoms with Crippen molar-refractivity contribution in [2.24, 2.45) is 5.92 Å². The number of anilines is 2. The quantitative estimate of drug-likeness (QED) is 0.889. The van der Waals surface area contributed by atoms with Crippen molar-refractivity contribution in [1.29, 1.82) is 0 Å². The number of nitrogens with one attached hydrogen (secondary N) is 1. The van der Waals surface area contributed by atoms with Crippen molar-refractivity contribution in [3.63, 3.8) is 0 Å². The number of nitrogens with zero attached hydrogens (tertiary/aromatic N) is 1. The first-order chi connectivity index (χ1) is 11.0. The molecule has 0 bridgehead atoms. The van der Waals surface area contributed by atoms with E-state index in [1.807, 2.05) is 12.1 Å². The van der Waals surface area contributed by atoms with E-state index in [1.165, 1.54) is 17.0 Å². The van der Waals surface area contributed by atoms with Gasteiger partial charge in [-0.15, -0.1) is 0 Å². The summed E-state index contributed by atoms with van der Waals surface area (Å²) in [6.07, 6.45) is 0.150. The Hall–Kier alpha value is -2.21. The van der Waals surface area contributed by atoms with Gasteiger partial charge in [0.1, 0.15) is 5.82 Å². The van der Waals surface area contributed by atoms with Gasteiger partial charge in [-0.2, -0.15) is 0 Å². The van der Waals surface area contributed by atoms with Gasteiger partial charge in [-0.3, -0.25) is 9.59 Å². The number of carbonyl (C=O) groups excluding carboxylic acids is 2. The molecule has 0 radical (unpaired) electrons. The topological polar surface area (TPSA) is 49.4 Å². The summed E-state index contributed by atoms with van der Waals surface area (Å²) >= 11 is 3.35. The smallest absolute Gasteiger partial charge is 0.229 e. The molecular weight excluding hydrogens is 363 g/mol. The number of carbonyl (C=O) groups is 2. The standard InChI is InChI=1S/C17H14BrFN2O2/c18-12-2-1-3-14(9-12)20-17(23)11-8-16(22)21(10-11)15-6-4-13(19)5-7-15/h1-7,9,11H,8,10H2,(H,20,23)/t11-/m1/s1. The highest BCUT2D eigenvalue weighted by Gasteiger charge is 2.35. The van der Waals surface area contributed by atoms with Crippen LogP contribution in [0.15, 0.2) is 53.0 Å². The minimum Gasteiger partial charge on any atom is -0.326 e. The fourth-order valence-electron chi connectivity index (χ4n) is 2.56. The molecule has 0 aliphatic carbocycles. The van der Waals surface area contributed by atoms with Crippen LogP contribution >= 0.6 is 15.9 Å². The molecule has 1 aliphatic heterocycles. The third kappa shape index (κ3) is 3.59. The molecule has 4 nitrogen and oxygen atoms in total. The molecule has 6 heteroatoms. The van der Waals surface area contributed by atoms with E-state index in [0.717, 1.165) is 4.47 Å². The number of hydrogen-bond donors (Lipinski definition) is 1. The van der Waals surface area contributed by atoms with Gasteiger partial charge in [-0.1, -0.05) is 22.0 Å². The van der Waals surface area contributed by atoms with Crippen molar-refractivity contribution < 1.29 is 14.0 Å². The highest BCUT2D eigenvalue weighted by molar-refractivity contribution is 9.10. The summed E-state index contributed by atoms with van der Waals surface area (Å²) in [5, 5.41) is 2.82. The Kier molecular flexibility index (Phi) is 4.43. The SMILES string of the molecule is O=C(Nc1cccc(Br)c1)[C@@H]1CC(=O)N(c2ccc(F)cc2)C1. The third-order valence-electron chi connectivity index (χ3n) is 3.73. The number of rotatable bonds is 3. The monoisotopic (exact) mass is 376 g/mol. The number of benzene rings is 2. The predicted octanol–water partition coefficient (Wildman–Crippen LogP) is 3.58. The lowest BCUT2D eigenvalue weighted by Crippen LogP contribution is -2.28. The van der Waals surface area contributed by atoms with Crippen LogP contribution in [-0.2, 0) is 9.59 Å². The van der Waals surface area contributed by atoms with Gasteiger partial charge in [0, 0.05) is 28.8 Å². The van der Waals surface area contributed by atoms with Gasteiger partial charge >= 0.3 is 0 Å². The largest absolute Gasteiger partial charge is 0.326 e. The Bertz CT molecular complexity index is 749. The van der Waals surface area contributed by atoms with Crippen molar-refractivity contribution in [2.75, 3.05) is 16.8 Å². The van der Waals surface area contributed by atoms with Crippen molar-refractivity contribution in [3.8, 4) is 0 Å². The summed E-state index contributed by atoms with van der Waals surface area (Å²) in [7, 11) is 0. The van der Waals surface area contributed by atoms with Gasteiger partial charge < -0.3 is 10.2 Å². The molecule has 0 spiro atoms. The van der Waals surface area contributed by atoms with Gasteiger partial charge in [-0.25, -0.2) is 4.39 Å². The normalized spacial score (nSPS) is 17.4. The molecule has 2 aromatic rings. The first-order valence-electron chi connectivity index (χ1n) is 7.15. The van der Waals surface area contributed by atoms with E-state index in [9.17, 15) is 14.0 Å². The van der Waals surface area contributed by atoms with Crippen LogP contribution in [0.2, 0.25) is 0 Å². The molecule has 0 saturated carbocycles. The Morgan fingerprint density at radius 3 is 2.65 bits per heavy atom. The Labute approximate surface area is 141 Å². The van der Waals surface area contributed by atoms with Crippen LogP contribution in [0.25, 0.3) is 0 Å². The molecule has 2 amide bonds. The predicted molar refractivity (Wildman–Crippen MR) is 89.6 cm³/mol. The summed E-state index contributed by atoms with van der Waals surface area (Å²) in [5.41, 5.74) is 1.28. The Morgan fingerprint density at radius 1 is 1.22 bits per heavy atom. The molecule has 1 N–H and O–H groups in total. The zero-order valence-electron chi connectivity index (χ0n) is 12.1. The first-order valence-corrected chi connectivity index (χ1v) is 7.94. The number of halogens is 2. The van der Waals surface area contributed by atoms with Crippen molar-refractivity contribution >= 4 is 39.1 Å². The van der Waals surface area contributed by atoms with Crippen LogP contribution in [0.3, 0.4) is 0 Å². The fraction of sp³-hybridized carbons (Fsp3) is 0.176. The molecule has 0 unspecified atom stereocenters. The molecule has 23 heavy (non-hydrogen) atoms. The van der Waals surface area contributed by atoms with Gasteiger partial charge in [0.15, 0.2) is 0 Å². The molecule has 3 rings (SSSR count). The van der Waals surface area contributed by atoms with Crippen molar-refractivity contribution in [1.82, 2.24) is 0 Å². The van der Waals surface area contributed by atoms with Crippen molar-refractivity contribution in [2.45, 2.75) is 6.42 Å². The van der Waals surface area contributed by atoms with E-state index in [0.29, 0.717) is 17.9 Å². The molecule has 1 fully saturated rings. The molecule has 1 atom stereocenters. The molecule has 2 aromatic carbocycles. The summed E-state index contributed by atoms with van der Waals surface area (Å²) in [4.78, 5) is 26.0. The van der Waals surface area contributed by atoms with Crippen LogP contribution in [0.4, 0.5) is 15.8 Å². The van der Waals surface area contributed by atoms with Crippen LogP contribution in [0.1, 0.15) is 6.42 Å². The Morgan fingerprint density at radius 2 is 1.96 bits per heavy atom. The summed E-state index contributed by atoms with van der Waals surface area (Å²) in [6, 6.07) is 13.0. The van der Waals surface area contributed by atoms with Gasteiger partial charge in [0.25, 0.3) is 0 Å². The second-order valence-electron chi connectivity index (χ2n) is 5.38. The van der Waals surface area contributed by atoms with Gasteiger partial charge in [0.05, 0.1) is 5.92 Å². The second kappa shape index (κ2) is 6.50. The van der Waals surface area contributed by atoms with Crippen LogP contribution in [-0.4, -0.2) is 18.4 Å². The van der Waals surface area contributed by atoms with Crippen LogP contribution in [0, 0.1) is 11.7 Å². The average Bonchev–Trinajstić information content (AvgIpc) is 2.90. The molecular formula is C17H14BrFN2O2. The maximum atomic E-state index is 13.0. The molecule has 118 valence electrons. The minimum atomic E-state index is -0.425. The number of hydrogen-bond acceptors (Lipinski definition) is 2. The van der Waals surface area contributed by atoms with Crippen molar-refractivity contribution in [3.05, 3.63) is 58.8 Å². The summed E-state index contributed by atoms with van der Waals surface area (Å²) in [6.45, 7) is 0.296.